The minimum Gasteiger partial charge on any atom is -0.480 e. The van der Waals surface area contributed by atoms with Crippen LogP contribution in [-0.4, -0.2) is 28.2 Å². The summed E-state index contributed by atoms with van der Waals surface area (Å²) in [5, 5.41) is 14.1. The zero-order chi connectivity index (χ0) is 17.1. The maximum atomic E-state index is 10.9. The van der Waals surface area contributed by atoms with Gasteiger partial charge < -0.3 is 15.2 Å². The number of methoxy groups -OCH3 is 1. The summed E-state index contributed by atoms with van der Waals surface area (Å²) >= 11 is 0. The first-order chi connectivity index (χ1) is 11.6. The van der Waals surface area contributed by atoms with Crippen LogP contribution in [0.2, 0.25) is 0 Å². The first-order valence-electron chi connectivity index (χ1n) is 7.47. The van der Waals surface area contributed by atoms with Crippen LogP contribution in [0.3, 0.4) is 0 Å². The van der Waals surface area contributed by atoms with Crippen LogP contribution in [0, 0.1) is 0 Å². The topological polar surface area (TPSA) is 84.3 Å². The highest BCUT2D eigenvalue weighted by Crippen LogP contribution is 2.30. The highest BCUT2D eigenvalue weighted by molar-refractivity contribution is 5.95. The van der Waals surface area contributed by atoms with E-state index in [2.05, 4.69) is 15.3 Å². The summed E-state index contributed by atoms with van der Waals surface area (Å²) in [7, 11) is 1.58. The summed E-state index contributed by atoms with van der Waals surface area (Å²) in [6.45, 7) is 1.99. The fraction of sp³-hybridized carbons (Fsp3) is 0.167. The van der Waals surface area contributed by atoms with Gasteiger partial charge in [0.1, 0.15) is 5.82 Å². The molecule has 2 N–H and O–H groups in total. The number of nitrogens with one attached hydrogen (secondary N) is 1. The smallest absolute Gasteiger partial charge is 0.335 e. The number of benzene rings is 1. The molecule has 0 amide bonds. The molecular weight excluding hydrogens is 306 g/mol. The van der Waals surface area contributed by atoms with E-state index in [-0.39, 0.29) is 11.6 Å². The lowest BCUT2D eigenvalue weighted by atomic mass is 10.1. The van der Waals surface area contributed by atoms with Crippen molar-refractivity contribution in [3.05, 3.63) is 59.9 Å². The maximum absolute atomic E-state index is 10.9. The average Bonchev–Trinajstić information content (AvgIpc) is 2.61. The third-order valence-corrected chi connectivity index (χ3v) is 3.85. The van der Waals surface area contributed by atoms with Crippen LogP contribution < -0.4 is 10.1 Å². The zero-order valence-corrected chi connectivity index (χ0v) is 13.4. The molecule has 1 atom stereocenters. The molecule has 0 saturated heterocycles. The zero-order valence-electron chi connectivity index (χ0n) is 13.4. The van der Waals surface area contributed by atoms with Crippen LogP contribution in [0.1, 0.15) is 28.9 Å². The molecule has 2 heterocycles. The Bertz CT molecular complexity index is 873. The summed E-state index contributed by atoms with van der Waals surface area (Å²) < 4.78 is 5.34. The maximum Gasteiger partial charge on any atom is 0.335 e. The third kappa shape index (κ3) is 2.99. The van der Waals surface area contributed by atoms with Gasteiger partial charge in [-0.05, 0) is 42.1 Å². The Balaban J connectivity index is 1.93. The number of carboxylic acid groups (broad SMARTS) is 1. The van der Waals surface area contributed by atoms with Crippen molar-refractivity contribution in [2.24, 2.45) is 0 Å². The van der Waals surface area contributed by atoms with Gasteiger partial charge in [0, 0.05) is 18.4 Å². The van der Waals surface area contributed by atoms with Crippen LogP contribution in [0.4, 0.5) is 5.82 Å². The first kappa shape index (κ1) is 15.7. The average molecular weight is 323 g/mol. The molecule has 2 aromatic heterocycles. The molecule has 0 bridgehead atoms. The van der Waals surface area contributed by atoms with Gasteiger partial charge in [-0.2, -0.15) is 0 Å². The summed E-state index contributed by atoms with van der Waals surface area (Å²) in [5.74, 6) is 0.248. The number of hydrogen-bond donors (Lipinski definition) is 2. The molecule has 6 nitrogen and oxygen atoms in total. The second kappa shape index (κ2) is 6.54. The van der Waals surface area contributed by atoms with Gasteiger partial charge in [0.2, 0.25) is 5.88 Å². The second-order valence-electron chi connectivity index (χ2n) is 5.37. The molecule has 3 aromatic rings. The number of carbonyl (C=O) groups is 1. The number of rotatable bonds is 5. The Morgan fingerprint density at radius 2 is 1.79 bits per heavy atom. The van der Waals surface area contributed by atoms with Gasteiger partial charge in [-0.15, -0.1) is 0 Å². The summed E-state index contributed by atoms with van der Waals surface area (Å²) in [6, 6.07) is 10.5. The van der Waals surface area contributed by atoms with Gasteiger partial charge in [0.05, 0.1) is 18.1 Å². The van der Waals surface area contributed by atoms with Crippen molar-refractivity contribution in [2.45, 2.75) is 13.0 Å². The molecule has 0 aliphatic heterocycles. The molecule has 0 aliphatic rings. The normalized spacial score (nSPS) is 11.9. The molecule has 0 unspecified atom stereocenters. The van der Waals surface area contributed by atoms with Crippen LogP contribution in [0.25, 0.3) is 10.8 Å². The van der Waals surface area contributed by atoms with Crippen molar-refractivity contribution in [3.8, 4) is 5.88 Å². The van der Waals surface area contributed by atoms with E-state index >= 15 is 0 Å². The van der Waals surface area contributed by atoms with E-state index in [9.17, 15) is 4.79 Å². The van der Waals surface area contributed by atoms with Gasteiger partial charge in [0.25, 0.3) is 0 Å². The number of pyridine rings is 2. The molecule has 6 heteroatoms. The standard InChI is InChI=1S/C18H17N3O3/c1-11(12-3-5-14(6-4-12)18(22)23)21-16-15-13(7-9-19-16)8-10-20-17(15)24-2/h3-11H,1-2H3,(H,19,21)(H,22,23)/t11-/m0/s1. The number of nitrogens with zero attached hydrogens (tertiary/aromatic N) is 2. The molecule has 0 aliphatic carbocycles. The quantitative estimate of drug-likeness (QED) is 0.747. The largest absolute Gasteiger partial charge is 0.480 e. The summed E-state index contributed by atoms with van der Waals surface area (Å²) in [6.07, 6.45) is 3.42. The number of aromatic carboxylic acids is 1. The highest BCUT2D eigenvalue weighted by atomic mass is 16.5. The van der Waals surface area contributed by atoms with Crippen molar-refractivity contribution in [1.82, 2.24) is 9.97 Å². The Morgan fingerprint density at radius 1 is 1.12 bits per heavy atom. The number of hydrogen-bond acceptors (Lipinski definition) is 5. The summed E-state index contributed by atoms with van der Waals surface area (Å²) in [4.78, 5) is 19.6. The first-order valence-corrected chi connectivity index (χ1v) is 7.47. The molecule has 1 aromatic carbocycles. The minimum absolute atomic E-state index is 0.0594. The highest BCUT2D eigenvalue weighted by Gasteiger charge is 2.13. The number of anilines is 1. The third-order valence-electron chi connectivity index (χ3n) is 3.85. The SMILES string of the molecule is COc1nccc2ccnc(N[C@@H](C)c3ccc(C(=O)O)cc3)c12. The van der Waals surface area contributed by atoms with Gasteiger partial charge in [-0.25, -0.2) is 14.8 Å². The number of aromatic nitrogens is 2. The molecule has 122 valence electrons. The number of ether oxygens (including phenoxy) is 1. The molecule has 3 rings (SSSR count). The predicted molar refractivity (Wildman–Crippen MR) is 91.5 cm³/mol. The molecule has 0 fully saturated rings. The van der Waals surface area contributed by atoms with E-state index in [0.29, 0.717) is 11.7 Å². The van der Waals surface area contributed by atoms with E-state index in [1.165, 1.54) is 0 Å². The molecule has 24 heavy (non-hydrogen) atoms. The Morgan fingerprint density at radius 3 is 2.42 bits per heavy atom. The summed E-state index contributed by atoms with van der Waals surface area (Å²) in [5.41, 5.74) is 1.22. The second-order valence-corrected chi connectivity index (χ2v) is 5.37. The van der Waals surface area contributed by atoms with E-state index in [1.54, 1.807) is 43.8 Å². The van der Waals surface area contributed by atoms with E-state index in [0.717, 1.165) is 16.3 Å². The lowest BCUT2D eigenvalue weighted by Gasteiger charge is -2.17. The van der Waals surface area contributed by atoms with Crippen LogP contribution in [0.15, 0.2) is 48.8 Å². The predicted octanol–water partition coefficient (Wildman–Crippen LogP) is 3.51. The van der Waals surface area contributed by atoms with Gasteiger partial charge in [-0.1, -0.05) is 12.1 Å². The Kier molecular flexibility index (Phi) is 4.29. The number of fused-ring (bicyclic) bond motifs is 1. The van der Waals surface area contributed by atoms with E-state index < -0.39 is 5.97 Å². The van der Waals surface area contributed by atoms with E-state index in [4.69, 9.17) is 9.84 Å². The van der Waals surface area contributed by atoms with Crippen molar-refractivity contribution in [3.63, 3.8) is 0 Å². The lowest BCUT2D eigenvalue weighted by molar-refractivity contribution is 0.0697. The van der Waals surface area contributed by atoms with Crippen molar-refractivity contribution >= 4 is 22.6 Å². The van der Waals surface area contributed by atoms with Crippen LogP contribution in [-0.2, 0) is 0 Å². The van der Waals surface area contributed by atoms with Crippen molar-refractivity contribution in [2.75, 3.05) is 12.4 Å². The fourth-order valence-electron chi connectivity index (χ4n) is 2.56. The lowest BCUT2D eigenvalue weighted by Crippen LogP contribution is -2.09. The Labute approximate surface area is 139 Å². The van der Waals surface area contributed by atoms with Crippen LogP contribution in [0.5, 0.6) is 5.88 Å². The van der Waals surface area contributed by atoms with Gasteiger partial charge in [0.15, 0.2) is 0 Å². The molecule has 0 spiro atoms. The molecule has 0 saturated carbocycles. The van der Waals surface area contributed by atoms with E-state index in [1.807, 2.05) is 19.1 Å². The Hall–Kier alpha value is -3.15. The van der Waals surface area contributed by atoms with Gasteiger partial charge in [-0.3, -0.25) is 0 Å². The number of carboxylic acids is 1. The minimum atomic E-state index is -0.936. The molecular formula is C18H17N3O3. The van der Waals surface area contributed by atoms with Crippen LogP contribution >= 0.6 is 0 Å². The monoisotopic (exact) mass is 323 g/mol. The fourth-order valence-corrected chi connectivity index (χ4v) is 2.56. The van der Waals surface area contributed by atoms with Crippen molar-refractivity contribution < 1.29 is 14.6 Å². The molecule has 0 radical (unpaired) electrons. The van der Waals surface area contributed by atoms with Gasteiger partial charge >= 0.3 is 5.97 Å². The van der Waals surface area contributed by atoms with Crippen molar-refractivity contribution in [1.29, 1.82) is 0 Å².